The van der Waals surface area contributed by atoms with E-state index in [4.69, 9.17) is 13.6 Å². The van der Waals surface area contributed by atoms with Crippen LogP contribution < -0.4 is 0 Å². The minimum absolute atomic E-state index is 0.0825. The van der Waals surface area contributed by atoms with Crippen LogP contribution in [0.5, 0.6) is 0 Å². The molecule has 0 aromatic heterocycles. The zero-order chi connectivity index (χ0) is 20.3. The molecule has 1 aliphatic heterocycles. The number of carbonyl (C=O) groups is 1. The van der Waals surface area contributed by atoms with E-state index in [9.17, 15) is 4.79 Å². The molecule has 4 atom stereocenters. The molecule has 0 aromatic carbocycles. The fraction of sp³-hybridized carbons (Fsp3) is 0.950. The number of hydrogen-bond acceptors (Lipinski definition) is 4. The first-order valence-corrected chi connectivity index (χ1v) is 15.8. The van der Waals surface area contributed by atoms with Crippen LogP contribution in [-0.2, 0) is 18.4 Å². The van der Waals surface area contributed by atoms with Gasteiger partial charge in [0.05, 0.1) is 18.6 Å². The van der Waals surface area contributed by atoms with Crippen LogP contribution in [0, 0.1) is 11.8 Å². The lowest BCUT2D eigenvalue weighted by molar-refractivity contribution is -0.180. The number of esters is 1. The molecule has 1 heterocycles. The van der Waals surface area contributed by atoms with E-state index in [1.165, 1.54) is 0 Å². The van der Waals surface area contributed by atoms with Gasteiger partial charge in [-0.1, -0.05) is 55.4 Å². The van der Waals surface area contributed by atoms with Crippen LogP contribution in [0.4, 0.5) is 0 Å². The molecule has 0 radical (unpaired) electrons. The third-order valence-electron chi connectivity index (χ3n) is 7.04. The predicted octanol–water partition coefficient (Wildman–Crippen LogP) is 5.60. The van der Waals surface area contributed by atoms with Crippen molar-refractivity contribution in [2.24, 2.45) is 11.8 Å². The fourth-order valence-corrected chi connectivity index (χ4v) is 7.34. The monoisotopic (exact) mass is 402 g/mol. The van der Waals surface area contributed by atoms with E-state index in [2.05, 4.69) is 61.6 Å². The Hall–Kier alpha value is -0.176. The SMILES string of the molecule is CC[Si](CC)(CC)OC[C@@H]1OC(=O)[C@@H](C)[C@H](C)[C@H]1O[Si](C)(C)C(C)(C)C. The van der Waals surface area contributed by atoms with Crippen LogP contribution in [-0.4, -0.2) is 41.4 Å². The van der Waals surface area contributed by atoms with Crippen molar-refractivity contribution in [3.8, 4) is 0 Å². The number of cyclic esters (lactones) is 1. The summed E-state index contributed by atoms with van der Waals surface area (Å²) >= 11 is 0. The minimum Gasteiger partial charge on any atom is -0.457 e. The zero-order valence-corrected chi connectivity index (χ0v) is 20.8. The third-order valence-corrected chi connectivity index (χ3v) is 16.2. The Balaban J connectivity index is 3.02. The lowest BCUT2D eigenvalue weighted by Gasteiger charge is -2.46. The van der Waals surface area contributed by atoms with Crippen molar-refractivity contribution in [3.63, 3.8) is 0 Å². The Bertz CT molecular complexity index is 461. The van der Waals surface area contributed by atoms with Gasteiger partial charge < -0.3 is 13.6 Å². The molecule has 0 spiro atoms. The Labute approximate surface area is 163 Å². The van der Waals surface area contributed by atoms with E-state index in [-0.39, 0.29) is 35.1 Å². The quantitative estimate of drug-likeness (QED) is 0.392. The van der Waals surface area contributed by atoms with Crippen molar-refractivity contribution in [3.05, 3.63) is 0 Å². The molecular formula is C20H42O4Si2. The van der Waals surface area contributed by atoms with Gasteiger partial charge >= 0.3 is 5.97 Å². The molecular weight excluding hydrogens is 360 g/mol. The fourth-order valence-electron chi connectivity index (χ4n) is 3.31. The van der Waals surface area contributed by atoms with Crippen LogP contribution >= 0.6 is 0 Å². The average Bonchev–Trinajstić information content (AvgIpc) is 2.56. The number of rotatable bonds is 8. The van der Waals surface area contributed by atoms with Crippen molar-refractivity contribution in [1.29, 1.82) is 0 Å². The Kier molecular flexibility index (Phi) is 8.15. The molecule has 1 fully saturated rings. The molecule has 0 unspecified atom stereocenters. The molecule has 1 aliphatic rings. The Morgan fingerprint density at radius 3 is 1.96 bits per heavy atom. The summed E-state index contributed by atoms with van der Waals surface area (Å²) < 4.78 is 19.1. The van der Waals surface area contributed by atoms with Crippen LogP contribution in [0.25, 0.3) is 0 Å². The maximum Gasteiger partial charge on any atom is 0.309 e. The molecule has 0 amide bonds. The van der Waals surface area contributed by atoms with Gasteiger partial charge in [0.15, 0.2) is 16.6 Å². The summed E-state index contributed by atoms with van der Waals surface area (Å²) in [5, 5.41) is 0.123. The second kappa shape index (κ2) is 8.88. The molecule has 0 aromatic rings. The summed E-state index contributed by atoms with van der Waals surface area (Å²) in [5.74, 6) is -0.107. The van der Waals surface area contributed by atoms with E-state index < -0.39 is 16.6 Å². The highest BCUT2D eigenvalue weighted by Gasteiger charge is 2.48. The summed E-state index contributed by atoms with van der Waals surface area (Å²) in [6.07, 6.45) is -0.375. The van der Waals surface area contributed by atoms with Crippen molar-refractivity contribution in [2.75, 3.05) is 6.61 Å². The maximum atomic E-state index is 12.3. The van der Waals surface area contributed by atoms with Crippen LogP contribution in [0.1, 0.15) is 55.4 Å². The molecule has 0 N–H and O–H groups in total. The van der Waals surface area contributed by atoms with Crippen molar-refractivity contribution >= 4 is 22.6 Å². The lowest BCUT2D eigenvalue weighted by atomic mass is 9.85. The zero-order valence-electron chi connectivity index (χ0n) is 18.8. The summed E-state index contributed by atoms with van der Waals surface area (Å²) in [6.45, 7) is 22.5. The normalized spacial score (nSPS) is 28.2. The second-order valence-electron chi connectivity index (χ2n) is 9.52. The van der Waals surface area contributed by atoms with Gasteiger partial charge in [-0.25, -0.2) is 0 Å². The van der Waals surface area contributed by atoms with E-state index >= 15 is 0 Å². The van der Waals surface area contributed by atoms with Crippen molar-refractivity contribution in [1.82, 2.24) is 0 Å². The second-order valence-corrected chi connectivity index (χ2v) is 19.1. The molecule has 0 bridgehead atoms. The Morgan fingerprint density at radius 1 is 1.04 bits per heavy atom. The van der Waals surface area contributed by atoms with Gasteiger partial charge in [0.1, 0.15) is 6.10 Å². The van der Waals surface area contributed by atoms with Gasteiger partial charge in [-0.3, -0.25) is 4.79 Å². The van der Waals surface area contributed by atoms with Crippen LogP contribution in [0.2, 0.25) is 36.3 Å². The third kappa shape index (κ3) is 5.21. The summed E-state index contributed by atoms with van der Waals surface area (Å²) in [5.41, 5.74) is 0. The van der Waals surface area contributed by atoms with Gasteiger partial charge in [-0.15, -0.1) is 0 Å². The van der Waals surface area contributed by atoms with Gasteiger partial charge in [-0.2, -0.15) is 0 Å². The number of hydrogen-bond donors (Lipinski definition) is 0. The highest BCUT2D eigenvalue weighted by atomic mass is 28.4. The average molecular weight is 403 g/mol. The molecule has 1 saturated heterocycles. The van der Waals surface area contributed by atoms with Crippen molar-refractivity contribution < 1.29 is 18.4 Å². The minimum atomic E-state index is -1.96. The highest BCUT2D eigenvalue weighted by Crippen LogP contribution is 2.41. The number of carbonyl (C=O) groups excluding carboxylic acids is 1. The van der Waals surface area contributed by atoms with Gasteiger partial charge in [0.25, 0.3) is 0 Å². The van der Waals surface area contributed by atoms with E-state index in [0.717, 1.165) is 18.1 Å². The largest absolute Gasteiger partial charge is 0.457 e. The Morgan fingerprint density at radius 2 is 1.54 bits per heavy atom. The van der Waals surface area contributed by atoms with Gasteiger partial charge in [0.2, 0.25) is 0 Å². The van der Waals surface area contributed by atoms with E-state index in [1.54, 1.807) is 0 Å². The van der Waals surface area contributed by atoms with Gasteiger partial charge in [0, 0.05) is 0 Å². The molecule has 1 rings (SSSR count). The first-order valence-electron chi connectivity index (χ1n) is 10.4. The lowest BCUT2D eigenvalue weighted by Crippen LogP contribution is -2.57. The van der Waals surface area contributed by atoms with Crippen molar-refractivity contribution in [2.45, 2.75) is 104 Å². The topological polar surface area (TPSA) is 44.8 Å². The standard InChI is InChI=1S/C20H42O4Si2/c1-11-26(12-2,13-3)22-14-17-18(15(4)16(5)19(21)23-17)24-25(9,10)20(6,7)8/h15-18H,11-14H2,1-10H3/t15-,16-,17-,18+/m0/s1. The first kappa shape index (κ1) is 23.9. The van der Waals surface area contributed by atoms with E-state index in [1.807, 2.05) is 6.92 Å². The molecule has 4 nitrogen and oxygen atoms in total. The van der Waals surface area contributed by atoms with Gasteiger partial charge in [-0.05, 0) is 42.2 Å². The smallest absolute Gasteiger partial charge is 0.309 e. The first-order chi connectivity index (χ1) is 11.8. The predicted molar refractivity (Wildman–Crippen MR) is 113 cm³/mol. The molecule has 0 saturated carbocycles. The van der Waals surface area contributed by atoms with Crippen LogP contribution in [0.3, 0.4) is 0 Å². The summed E-state index contributed by atoms with van der Waals surface area (Å²) in [4.78, 5) is 12.3. The highest BCUT2D eigenvalue weighted by molar-refractivity contribution is 6.74. The summed E-state index contributed by atoms with van der Waals surface area (Å²) in [7, 11) is -3.69. The molecule has 0 aliphatic carbocycles. The molecule has 26 heavy (non-hydrogen) atoms. The van der Waals surface area contributed by atoms with E-state index in [0.29, 0.717) is 6.61 Å². The summed E-state index contributed by atoms with van der Waals surface area (Å²) in [6, 6.07) is 3.29. The number of ether oxygens (including phenoxy) is 1. The maximum absolute atomic E-state index is 12.3. The molecule has 6 heteroatoms. The van der Waals surface area contributed by atoms with Crippen LogP contribution in [0.15, 0.2) is 0 Å². The molecule has 154 valence electrons.